The average molecular weight is 217 g/mol. The number of likely N-dealkylation sites (tertiary alicyclic amines) is 1. The molecule has 4 heteroatoms. The predicted octanol–water partition coefficient (Wildman–Crippen LogP) is 2.13. The molecule has 1 aliphatic rings. The van der Waals surface area contributed by atoms with Gasteiger partial charge >= 0.3 is 5.97 Å². The summed E-state index contributed by atoms with van der Waals surface area (Å²) in [6.45, 7) is 8.58. The molecular weight excluding hydrogens is 194 g/mol. The number of hydrogen-bond acceptors (Lipinski definition) is 2. The van der Waals surface area contributed by atoms with Crippen LogP contribution in [0, 0.1) is 0 Å². The van der Waals surface area contributed by atoms with Gasteiger partial charge in [-0.1, -0.05) is 27.7 Å². The molecule has 0 aliphatic carbocycles. The van der Waals surface area contributed by atoms with Crippen LogP contribution in [0.15, 0.2) is 0 Å². The Labute approximate surface area is 92.3 Å². The number of amides is 1. The molecule has 1 N–H and O–H groups in total. The van der Waals surface area contributed by atoms with Crippen molar-refractivity contribution in [1.29, 1.82) is 0 Å². The summed E-state index contributed by atoms with van der Waals surface area (Å²) < 4.78 is 0. The highest BCUT2D eigenvalue weighted by molar-refractivity contribution is 5.76. The number of carboxylic acid groups (broad SMARTS) is 1. The maximum Gasteiger partial charge on any atom is 0.326 e. The first-order valence-electron chi connectivity index (χ1n) is 5.69. The lowest BCUT2D eigenvalue weighted by atomic mass is 10.0. The van der Waals surface area contributed by atoms with Gasteiger partial charge in [-0.3, -0.25) is 4.79 Å². The topological polar surface area (TPSA) is 57.6 Å². The third kappa shape index (κ3) is 6.10. The maximum absolute atomic E-state index is 10.5. The van der Waals surface area contributed by atoms with Crippen molar-refractivity contribution in [1.82, 2.24) is 4.90 Å². The number of carboxylic acids is 1. The Hall–Kier alpha value is -1.06. The first kappa shape index (κ1) is 16.4. The van der Waals surface area contributed by atoms with E-state index in [2.05, 4.69) is 0 Å². The van der Waals surface area contributed by atoms with E-state index < -0.39 is 12.0 Å². The molecule has 15 heavy (non-hydrogen) atoms. The van der Waals surface area contributed by atoms with Gasteiger partial charge in [0.05, 0.1) is 0 Å². The van der Waals surface area contributed by atoms with Crippen LogP contribution in [-0.4, -0.2) is 35.0 Å². The quantitative estimate of drug-likeness (QED) is 0.721. The first-order chi connectivity index (χ1) is 7.25. The summed E-state index contributed by atoms with van der Waals surface area (Å²) >= 11 is 0. The molecule has 0 bridgehead atoms. The molecular formula is C11H23NO3. The van der Waals surface area contributed by atoms with Gasteiger partial charge in [-0.15, -0.1) is 0 Å². The van der Waals surface area contributed by atoms with E-state index in [1.54, 1.807) is 0 Å². The number of piperidine rings is 1. The Balaban J connectivity index is 0. The molecule has 1 amide bonds. The van der Waals surface area contributed by atoms with E-state index in [0.717, 1.165) is 12.8 Å². The van der Waals surface area contributed by atoms with Crippen LogP contribution in [0.5, 0.6) is 0 Å². The molecule has 1 rings (SSSR count). The number of nitrogens with zero attached hydrogens (tertiary/aromatic N) is 1. The Morgan fingerprint density at radius 2 is 1.80 bits per heavy atom. The molecule has 90 valence electrons. The van der Waals surface area contributed by atoms with Crippen molar-refractivity contribution in [2.24, 2.45) is 0 Å². The van der Waals surface area contributed by atoms with Gasteiger partial charge in [0.15, 0.2) is 0 Å². The molecule has 1 unspecified atom stereocenters. The van der Waals surface area contributed by atoms with Crippen LogP contribution in [0.3, 0.4) is 0 Å². The number of rotatable bonds is 2. The number of carbonyl (C=O) groups excluding carboxylic acids is 1. The van der Waals surface area contributed by atoms with Crippen LogP contribution in [-0.2, 0) is 9.59 Å². The van der Waals surface area contributed by atoms with Crippen molar-refractivity contribution < 1.29 is 14.7 Å². The van der Waals surface area contributed by atoms with E-state index in [4.69, 9.17) is 5.11 Å². The highest BCUT2D eigenvalue weighted by atomic mass is 16.4. The minimum absolute atomic E-state index is 0.582. The van der Waals surface area contributed by atoms with E-state index in [-0.39, 0.29) is 0 Å². The molecule has 0 aromatic heterocycles. The standard InChI is InChI=1S/C7H11NO3.2C2H6/c9-5-8-4-2-1-3-6(8)7(10)11;2*1-2/h5-6H,1-4H2,(H,10,11);2*1-2H3. The Morgan fingerprint density at radius 1 is 1.27 bits per heavy atom. The maximum atomic E-state index is 10.5. The summed E-state index contributed by atoms with van der Waals surface area (Å²) in [6, 6.07) is -0.582. The van der Waals surface area contributed by atoms with Crippen molar-refractivity contribution in [2.75, 3.05) is 6.54 Å². The minimum Gasteiger partial charge on any atom is -0.480 e. The van der Waals surface area contributed by atoms with Gasteiger partial charge in [0, 0.05) is 6.54 Å². The second-order valence-corrected chi connectivity index (χ2v) is 2.69. The molecule has 4 nitrogen and oxygen atoms in total. The molecule has 0 saturated carbocycles. The molecule has 0 aromatic rings. The van der Waals surface area contributed by atoms with Crippen molar-refractivity contribution >= 4 is 12.4 Å². The molecule has 1 aliphatic heterocycles. The van der Waals surface area contributed by atoms with Crippen LogP contribution in [0.1, 0.15) is 47.0 Å². The van der Waals surface area contributed by atoms with Crippen LogP contribution < -0.4 is 0 Å². The highest BCUT2D eigenvalue weighted by Crippen LogP contribution is 2.14. The number of carbonyl (C=O) groups is 2. The fourth-order valence-corrected chi connectivity index (χ4v) is 1.35. The largest absolute Gasteiger partial charge is 0.480 e. The molecule has 0 radical (unpaired) electrons. The molecule has 1 saturated heterocycles. The summed E-state index contributed by atoms with van der Waals surface area (Å²) in [5.74, 6) is -0.892. The normalized spacial score (nSPS) is 18.9. The number of aliphatic carboxylic acids is 1. The second-order valence-electron chi connectivity index (χ2n) is 2.69. The van der Waals surface area contributed by atoms with Crippen LogP contribution in [0.25, 0.3) is 0 Å². The van der Waals surface area contributed by atoms with E-state index in [9.17, 15) is 9.59 Å². The first-order valence-corrected chi connectivity index (χ1v) is 5.69. The predicted molar refractivity (Wildman–Crippen MR) is 60.7 cm³/mol. The highest BCUT2D eigenvalue weighted by Gasteiger charge is 2.26. The van der Waals surface area contributed by atoms with Gasteiger partial charge in [0.1, 0.15) is 6.04 Å². The zero-order valence-electron chi connectivity index (χ0n) is 10.2. The van der Waals surface area contributed by atoms with Gasteiger partial charge in [0.25, 0.3) is 0 Å². The average Bonchev–Trinajstić information content (AvgIpc) is 2.34. The van der Waals surface area contributed by atoms with Crippen LogP contribution in [0.2, 0.25) is 0 Å². The van der Waals surface area contributed by atoms with Gasteiger partial charge in [-0.05, 0) is 19.3 Å². The lowest BCUT2D eigenvalue weighted by Gasteiger charge is -2.29. The van der Waals surface area contributed by atoms with Crippen molar-refractivity contribution in [2.45, 2.75) is 53.0 Å². The lowest BCUT2D eigenvalue weighted by molar-refractivity contribution is -0.147. The van der Waals surface area contributed by atoms with Gasteiger partial charge < -0.3 is 10.0 Å². The van der Waals surface area contributed by atoms with Crippen molar-refractivity contribution in [3.8, 4) is 0 Å². The molecule has 0 aromatic carbocycles. The third-order valence-corrected chi connectivity index (χ3v) is 1.96. The zero-order valence-corrected chi connectivity index (χ0v) is 10.2. The Morgan fingerprint density at radius 3 is 2.13 bits per heavy atom. The summed E-state index contributed by atoms with van der Waals surface area (Å²) in [4.78, 5) is 22.2. The monoisotopic (exact) mass is 217 g/mol. The molecule has 1 heterocycles. The van der Waals surface area contributed by atoms with Crippen LogP contribution >= 0.6 is 0 Å². The molecule has 0 spiro atoms. The fraction of sp³-hybridized carbons (Fsp3) is 0.818. The molecule has 1 fully saturated rings. The van der Waals surface area contributed by atoms with Gasteiger partial charge in [-0.25, -0.2) is 4.79 Å². The SMILES string of the molecule is CC.CC.O=CN1CCCCC1C(=O)O. The van der Waals surface area contributed by atoms with E-state index in [1.807, 2.05) is 27.7 Å². The second kappa shape index (κ2) is 11.0. The zero-order chi connectivity index (χ0) is 12.3. The summed E-state index contributed by atoms with van der Waals surface area (Å²) in [7, 11) is 0. The summed E-state index contributed by atoms with van der Waals surface area (Å²) in [5, 5.41) is 8.64. The Bertz CT molecular complexity index is 171. The van der Waals surface area contributed by atoms with Crippen LogP contribution in [0.4, 0.5) is 0 Å². The van der Waals surface area contributed by atoms with Gasteiger partial charge in [0.2, 0.25) is 6.41 Å². The Kier molecular flexibility index (Phi) is 12.0. The smallest absolute Gasteiger partial charge is 0.326 e. The summed E-state index contributed by atoms with van der Waals surface area (Å²) in [6.07, 6.45) is 3.04. The lowest BCUT2D eigenvalue weighted by Crippen LogP contribution is -2.43. The van der Waals surface area contributed by atoms with Crippen molar-refractivity contribution in [3.05, 3.63) is 0 Å². The number of hydrogen-bond donors (Lipinski definition) is 1. The fourth-order valence-electron chi connectivity index (χ4n) is 1.35. The van der Waals surface area contributed by atoms with E-state index in [0.29, 0.717) is 19.4 Å². The van der Waals surface area contributed by atoms with E-state index >= 15 is 0 Å². The molecule has 1 atom stereocenters. The van der Waals surface area contributed by atoms with Crippen molar-refractivity contribution in [3.63, 3.8) is 0 Å². The third-order valence-electron chi connectivity index (χ3n) is 1.96. The summed E-state index contributed by atoms with van der Waals surface area (Å²) in [5.41, 5.74) is 0. The van der Waals surface area contributed by atoms with E-state index in [1.165, 1.54) is 4.90 Å². The van der Waals surface area contributed by atoms with Gasteiger partial charge in [-0.2, -0.15) is 0 Å². The minimum atomic E-state index is -0.892.